The van der Waals surface area contributed by atoms with Gasteiger partial charge in [-0.25, -0.2) is 9.67 Å². The zero-order valence-electron chi connectivity index (χ0n) is 13.7. The molecule has 9 nitrogen and oxygen atoms in total. The van der Waals surface area contributed by atoms with Crippen LogP contribution in [0.4, 0.5) is 0 Å². The van der Waals surface area contributed by atoms with Gasteiger partial charge in [-0.2, -0.15) is 0 Å². The lowest BCUT2D eigenvalue weighted by atomic mass is 10.1. The Labute approximate surface area is 143 Å². The molecule has 1 aromatic carbocycles. The molecule has 9 heteroatoms. The van der Waals surface area contributed by atoms with Crippen LogP contribution in [0.25, 0.3) is 5.69 Å². The normalized spacial score (nSPS) is 17.6. The Morgan fingerprint density at radius 3 is 2.80 bits per heavy atom. The first-order valence-corrected chi connectivity index (χ1v) is 7.94. The molecule has 1 aliphatic heterocycles. The second kappa shape index (κ2) is 6.44. The first kappa shape index (κ1) is 15.5. The van der Waals surface area contributed by atoms with E-state index in [0.29, 0.717) is 31.1 Å². The number of tetrazole rings is 1. The first-order chi connectivity index (χ1) is 12.2. The number of imidazole rings is 1. The molecule has 0 radical (unpaired) electrons. The summed E-state index contributed by atoms with van der Waals surface area (Å²) in [5, 5.41) is 11.4. The Morgan fingerprint density at radius 1 is 1.28 bits per heavy atom. The molecule has 0 saturated carbocycles. The number of nitrogens with zero attached hydrogens (tertiary/aromatic N) is 7. The fourth-order valence-corrected chi connectivity index (χ4v) is 2.87. The van der Waals surface area contributed by atoms with Crippen LogP contribution in [-0.2, 0) is 11.8 Å². The van der Waals surface area contributed by atoms with Crippen LogP contribution in [0.1, 0.15) is 22.3 Å². The van der Waals surface area contributed by atoms with Gasteiger partial charge in [0.05, 0.1) is 19.5 Å². The highest BCUT2D eigenvalue weighted by atomic mass is 16.5. The van der Waals surface area contributed by atoms with Gasteiger partial charge in [0.15, 0.2) is 5.82 Å². The van der Waals surface area contributed by atoms with Crippen LogP contribution in [0.3, 0.4) is 0 Å². The Bertz CT molecular complexity index is 857. The van der Waals surface area contributed by atoms with E-state index in [1.807, 2.05) is 35.0 Å². The highest BCUT2D eigenvalue weighted by Gasteiger charge is 2.29. The Hall–Kier alpha value is -3.07. The lowest BCUT2D eigenvalue weighted by molar-refractivity contribution is -0.0284. The van der Waals surface area contributed by atoms with Crippen LogP contribution in [0.15, 0.2) is 43.0 Å². The first-order valence-electron chi connectivity index (χ1n) is 7.94. The fraction of sp³-hybridized carbons (Fsp3) is 0.312. The number of benzene rings is 1. The van der Waals surface area contributed by atoms with Crippen molar-refractivity contribution in [3.05, 3.63) is 54.4 Å². The summed E-state index contributed by atoms with van der Waals surface area (Å²) in [7, 11) is 1.76. The van der Waals surface area contributed by atoms with Crippen molar-refractivity contribution in [2.45, 2.75) is 6.10 Å². The molecule has 1 amide bonds. The quantitative estimate of drug-likeness (QED) is 0.694. The molecule has 3 aromatic rings. The molecule has 1 aliphatic rings. The molecule has 2 aromatic heterocycles. The van der Waals surface area contributed by atoms with Crippen molar-refractivity contribution in [3.8, 4) is 5.69 Å². The average molecular weight is 339 g/mol. The van der Waals surface area contributed by atoms with Crippen LogP contribution in [0.5, 0.6) is 0 Å². The summed E-state index contributed by atoms with van der Waals surface area (Å²) in [6.45, 7) is 1.43. The molecule has 3 heterocycles. The van der Waals surface area contributed by atoms with Crippen molar-refractivity contribution >= 4 is 5.91 Å². The van der Waals surface area contributed by atoms with E-state index in [4.69, 9.17) is 4.74 Å². The van der Waals surface area contributed by atoms with Crippen LogP contribution >= 0.6 is 0 Å². The molecular weight excluding hydrogens is 322 g/mol. The summed E-state index contributed by atoms with van der Waals surface area (Å²) in [5.41, 5.74) is 1.60. The summed E-state index contributed by atoms with van der Waals surface area (Å²) < 4.78 is 9.18. The summed E-state index contributed by atoms with van der Waals surface area (Å²) in [5.74, 6) is 0.591. The number of hydrogen-bond donors (Lipinski definition) is 0. The van der Waals surface area contributed by atoms with Crippen molar-refractivity contribution in [1.29, 1.82) is 0 Å². The lowest BCUT2D eigenvalue weighted by Gasteiger charge is -2.32. The SMILES string of the molecule is Cn1nnnc1C1CN(C(=O)c2ccc(-n3ccnc3)cc2)CCO1. The van der Waals surface area contributed by atoms with Crippen molar-refractivity contribution < 1.29 is 9.53 Å². The van der Waals surface area contributed by atoms with Gasteiger partial charge in [-0.15, -0.1) is 5.10 Å². The Kier molecular flexibility index (Phi) is 3.98. The van der Waals surface area contributed by atoms with Gasteiger partial charge < -0.3 is 14.2 Å². The molecular formula is C16H17N7O2. The molecule has 0 aliphatic carbocycles. The fourth-order valence-electron chi connectivity index (χ4n) is 2.87. The number of morpholine rings is 1. The highest BCUT2D eigenvalue weighted by molar-refractivity contribution is 5.94. The Balaban J connectivity index is 1.49. The minimum atomic E-state index is -0.317. The Morgan fingerprint density at radius 2 is 2.12 bits per heavy atom. The van der Waals surface area contributed by atoms with Gasteiger partial charge in [-0.1, -0.05) is 0 Å². The van der Waals surface area contributed by atoms with Gasteiger partial charge in [0.25, 0.3) is 5.91 Å². The van der Waals surface area contributed by atoms with Crippen LogP contribution in [-0.4, -0.2) is 60.3 Å². The van der Waals surface area contributed by atoms with Gasteiger partial charge >= 0.3 is 0 Å². The van der Waals surface area contributed by atoms with Gasteiger partial charge in [-0.3, -0.25) is 4.79 Å². The second-order valence-electron chi connectivity index (χ2n) is 5.79. The minimum absolute atomic E-state index is 0.0272. The maximum atomic E-state index is 12.8. The number of hydrogen-bond acceptors (Lipinski definition) is 6. The number of rotatable bonds is 3. The van der Waals surface area contributed by atoms with Crippen molar-refractivity contribution in [3.63, 3.8) is 0 Å². The van der Waals surface area contributed by atoms with Gasteiger partial charge in [0.2, 0.25) is 0 Å². The molecule has 0 bridgehead atoms. The topological polar surface area (TPSA) is 91.0 Å². The summed E-state index contributed by atoms with van der Waals surface area (Å²) in [6.07, 6.45) is 4.98. The predicted octanol–water partition coefficient (Wildman–Crippen LogP) is 0.609. The van der Waals surface area contributed by atoms with Crippen molar-refractivity contribution in [1.82, 2.24) is 34.7 Å². The van der Waals surface area contributed by atoms with Crippen molar-refractivity contribution in [2.75, 3.05) is 19.7 Å². The summed E-state index contributed by atoms with van der Waals surface area (Å²) in [6, 6.07) is 7.46. The van der Waals surface area contributed by atoms with Crippen molar-refractivity contribution in [2.24, 2.45) is 7.05 Å². The van der Waals surface area contributed by atoms with E-state index in [1.165, 1.54) is 0 Å². The van der Waals surface area contributed by atoms with E-state index in [1.54, 1.807) is 29.2 Å². The summed E-state index contributed by atoms with van der Waals surface area (Å²) >= 11 is 0. The van der Waals surface area contributed by atoms with E-state index in [2.05, 4.69) is 20.5 Å². The number of amides is 1. The molecule has 4 rings (SSSR count). The number of carbonyl (C=O) groups excluding carboxylic acids is 1. The number of aromatic nitrogens is 6. The minimum Gasteiger partial charge on any atom is -0.366 e. The van der Waals surface area contributed by atoms with Gasteiger partial charge in [0, 0.05) is 37.2 Å². The number of aryl methyl sites for hydroxylation is 1. The van der Waals surface area contributed by atoms with Gasteiger partial charge in [-0.05, 0) is 34.7 Å². The van der Waals surface area contributed by atoms with E-state index >= 15 is 0 Å². The van der Waals surface area contributed by atoms with Crippen LogP contribution in [0, 0.1) is 0 Å². The number of ether oxygens (including phenoxy) is 1. The predicted molar refractivity (Wildman–Crippen MR) is 87.0 cm³/mol. The maximum absolute atomic E-state index is 12.8. The molecule has 1 fully saturated rings. The summed E-state index contributed by atoms with van der Waals surface area (Å²) in [4.78, 5) is 18.6. The maximum Gasteiger partial charge on any atom is 0.254 e. The molecule has 1 unspecified atom stereocenters. The molecule has 1 atom stereocenters. The van der Waals surface area contributed by atoms with E-state index in [9.17, 15) is 4.79 Å². The lowest BCUT2D eigenvalue weighted by Crippen LogP contribution is -2.42. The third-order valence-corrected chi connectivity index (χ3v) is 4.21. The molecule has 128 valence electrons. The highest BCUT2D eigenvalue weighted by Crippen LogP contribution is 2.21. The molecule has 0 N–H and O–H groups in total. The molecule has 25 heavy (non-hydrogen) atoms. The van der Waals surface area contributed by atoms with Crippen LogP contribution < -0.4 is 0 Å². The smallest absolute Gasteiger partial charge is 0.254 e. The average Bonchev–Trinajstić information content (AvgIpc) is 3.33. The molecule has 1 saturated heterocycles. The third kappa shape index (κ3) is 3.01. The van der Waals surface area contributed by atoms with Gasteiger partial charge in [0.1, 0.15) is 6.10 Å². The standard InChI is InChI=1S/C16H17N7O2/c1-21-15(18-19-20-21)14-10-22(8-9-25-14)16(24)12-2-4-13(5-3-12)23-7-6-17-11-23/h2-7,11,14H,8-10H2,1H3. The zero-order chi connectivity index (χ0) is 17.2. The van der Waals surface area contributed by atoms with E-state index < -0.39 is 0 Å². The monoisotopic (exact) mass is 339 g/mol. The van der Waals surface area contributed by atoms with E-state index in [-0.39, 0.29) is 12.0 Å². The second-order valence-corrected chi connectivity index (χ2v) is 5.79. The van der Waals surface area contributed by atoms with E-state index in [0.717, 1.165) is 5.69 Å². The largest absolute Gasteiger partial charge is 0.366 e. The zero-order valence-corrected chi connectivity index (χ0v) is 13.7. The third-order valence-electron chi connectivity index (χ3n) is 4.21. The van der Waals surface area contributed by atoms with Crippen LogP contribution in [0.2, 0.25) is 0 Å². The molecule has 0 spiro atoms. The number of carbonyl (C=O) groups is 1.